The van der Waals surface area contributed by atoms with E-state index in [4.69, 9.17) is 22.6 Å². The molecule has 1 atom stereocenters. The predicted molar refractivity (Wildman–Crippen MR) is 81.4 cm³/mol. The summed E-state index contributed by atoms with van der Waals surface area (Å²) in [6, 6.07) is 4.94. The first-order valence-electron chi connectivity index (χ1n) is 6.72. The van der Waals surface area contributed by atoms with Crippen molar-refractivity contribution in [2.24, 2.45) is 0 Å². The monoisotopic (exact) mass is 326 g/mol. The van der Waals surface area contributed by atoms with Crippen molar-refractivity contribution in [3.05, 3.63) is 22.7 Å². The number of hydrogen-bond acceptors (Lipinski definition) is 5. The van der Waals surface area contributed by atoms with Gasteiger partial charge >= 0.3 is 0 Å². The van der Waals surface area contributed by atoms with Gasteiger partial charge in [-0.1, -0.05) is 11.6 Å². The molecule has 0 spiro atoms. The van der Waals surface area contributed by atoms with Crippen molar-refractivity contribution in [1.29, 1.82) is 5.26 Å². The summed E-state index contributed by atoms with van der Waals surface area (Å²) in [4.78, 5) is 15.4. The van der Waals surface area contributed by atoms with Gasteiger partial charge in [-0.25, -0.2) is 4.39 Å². The van der Waals surface area contributed by atoms with Crippen molar-refractivity contribution in [3.8, 4) is 6.07 Å². The molecule has 0 saturated carbocycles. The Morgan fingerprint density at radius 2 is 2.23 bits per heavy atom. The third kappa shape index (κ3) is 3.47. The predicted octanol–water partition coefficient (Wildman–Crippen LogP) is 0.773. The molecule has 22 heavy (non-hydrogen) atoms. The number of nitrogens with two attached hydrogens (primary N) is 1. The number of hydrogen-bond donors (Lipinski definition) is 2. The average Bonchev–Trinajstić information content (AvgIpc) is 2.50. The fourth-order valence-corrected chi connectivity index (χ4v) is 2.58. The van der Waals surface area contributed by atoms with Gasteiger partial charge < -0.3 is 15.7 Å². The summed E-state index contributed by atoms with van der Waals surface area (Å²) in [5.74, 6) is -0.242. The van der Waals surface area contributed by atoms with E-state index in [9.17, 15) is 14.3 Å². The van der Waals surface area contributed by atoms with Crippen LogP contribution in [0.15, 0.2) is 12.1 Å². The van der Waals surface area contributed by atoms with E-state index in [1.165, 1.54) is 17.0 Å². The molecular formula is C14H16ClFN4O2. The lowest BCUT2D eigenvalue weighted by molar-refractivity contribution is -0.121. The van der Waals surface area contributed by atoms with Crippen molar-refractivity contribution in [2.75, 3.05) is 43.5 Å². The second-order valence-electron chi connectivity index (χ2n) is 5.10. The van der Waals surface area contributed by atoms with Crippen LogP contribution in [0, 0.1) is 11.3 Å². The lowest BCUT2D eigenvalue weighted by Gasteiger charge is -2.35. The van der Waals surface area contributed by atoms with Crippen LogP contribution < -0.4 is 10.6 Å². The van der Waals surface area contributed by atoms with Crippen LogP contribution in [0.1, 0.15) is 5.56 Å². The third-order valence-corrected chi connectivity index (χ3v) is 3.86. The highest BCUT2D eigenvalue weighted by atomic mass is 35.5. The molecule has 2 rings (SSSR count). The number of aliphatic hydroxyl groups excluding tert-OH is 1. The minimum absolute atomic E-state index is 0.0457. The lowest BCUT2D eigenvalue weighted by atomic mass is 10.1. The number of nitriles is 1. The van der Waals surface area contributed by atoms with Gasteiger partial charge in [0.1, 0.15) is 6.67 Å². The first kappa shape index (κ1) is 16.5. The molecule has 118 valence electrons. The van der Waals surface area contributed by atoms with E-state index in [0.717, 1.165) is 0 Å². The number of carbonyl (C=O) groups excluding carboxylic acids is 1. The normalized spacial score (nSPS) is 17.4. The molecule has 1 aliphatic rings. The van der Waals surface area contributed by atoms with Gasteiger partial charge in [-0.05, 0) is 12.1 Å². The van der Waals surface area contributed by atoms with Crippen LogP contribution in [0.25, 0.3) is 0 Å². The molecule has 3 N–H and O–H groups in total. The summed E-state index contributed by atoms with van der Waals surface area (Å²) in [7, 11) is 0. The molecule has 1 saturated heterocycles. The summed E-state index contributed by atoms with van der Waals surface area (Å²) in [6.45, 7) is 0.0942. The molecule has 6 nitrogen and oxygen atoms in total. The number of β-amino-alcohol motifs (C(OH)–C–C–N with tert-alkyl or cyclic N) is 1. The Hall–Kier alpha value is -1.88. The molecule has 1 aliphatic heterocycles. The van der Waals surface area contributed by atoms with Gasteiger partial charge in [0.05, 0.1) is 40.7 Å². The number of carbonyl (C=O) groups is 1. The smallest absolute Gasteiger partial charge is 0.241 e. The van der Waals surface area contributed by atoms with Crippen LogP contribution >= 0.6 is 11.6 Å². The number of anilines is 2. The van der Waals surface area contributed by atoms with Crippen molar-refractivity contribution in [3.63, 3.8) is 0 Å². The number of rotatable bonds is 4. The molecule has 1 aromatic rings. The fraction of sp³-hybridized carbons (Fsp3) is 0.429. The van der Waals surface area contributed by atoms with Gasteiger partial charge in [0.15, 0.2) is 0 Å². The Bertz CT molecular complexity index is 620. The number of amides is 1. The minimum Gasteiger partial charge on any atom is -0.397 e. The quantitative estimate of drug-likeness (QED) is 0.797. The maximum atomic E-state index is 12.3. The van der Waals surface area contributed by atoms with Crippen LogP contribution in [0.2, 0.25) is 5.02 Å². The maximum Gasteiger partial charge on any atom is 0.241 e. The largest absolute Gasteiger partial charge is 0.397 e. The molecule has 1 heterocycles. The summed E-state index contributed by atoms with van der Waals surface area (Å²) in [6.07, 6.45) is -1.10. The number of benzene rings is 1. The Kier molecular flexibility index (Phi) is 5.19. The summed E-state index contributed by atoms with van der Waals surface area (Å²) in [5, 5.41) is 18.5. The SMILES string of the molecule is N#Cc1cc(N)c(Cl)c(N2CCN(CC(O)CF)CC2=O)c1. The number of aliphatic hydroxyl groups is 1. The van der Waals surface area contributed by atoms with Gasteiger partial charge in [-0.3, -0.25) is 9.69 Å². The Morgan fingerprint density at radius 1 is 1.50 bits per heavy atom. The highest BCUT2D eigenvalue weighted by Gasteiger charge is 2.28. The van der Waals surface area contributed by atoms with Crippen molar-refractivity contribution >= 4 is 28.9 Å². The first-order chi connectivity index (χ1) is 10.5. The van der Waals surface area contributed by atoms with Crippen LogP contribution in [0.3, 0.4) is 0 Å². The third-order valence-electron chi connectivity index (χ3n) is 3.45. The van der Waals surface area contributed by atoms with Gasteiger partial charge in [0.2, 0.25) is 5.91 Å². The summed E-state index contributed by atoms with van der Waals surface area (Å²) >= 11 is 6.13. The highest BCUT2D eigenvalue weighted by molar-refractivity contribution is 6.36. The number of nitrogens with zero attached hydrogens (tertiary/aromatic N) is 3. The second-order valence-corrected chi connectivity index (χ2v) is 5.48. The van der Waals surface area contributed by atoms with E-state index in [2.05, 4.69) is 0 Å². The molecule has 1 unspecified atom stereocenters. The van der Waals surface area contributed by atoms with Crippen molar-refractivity contribution in [2.45, 2.75) is 6.10 Å². The zero-order chi connectivity index (χ0) is 16.3. The minimum atomic E-state index is -1.10. The Labute approximate surface area is 132 Å². The van der Waals surface area contributed by atoms with Gasteiger partial charge in [-0.2, -0.15) is 5.26 Å². The molecule has 1 aromatic carbocycles. The van der Waals surface area contributed by atoms with Crippen LogP contribution in [-0.2, 0) is 4.79 Å². The second kappa shape index (κ2) is 6.92. The highest BCUT2D eigenvalue weighted by Crippen LogP contribution is 2.33. The molecule has 0 aliphatic carbocycles. The van der Waals surface area contributed by atoms with Crippen LogP contribution in [0.5, 0.6) is 0 Å². The summed E-state index contributed by atoms with van der Waals surface area (Å²) < 4.78 is 12.3. The zero-order valence-electron chi connectivity index (χ0n) is 11.8. The van der Waals surface area contributed by atoms with Gasteiger partial charge in [0, 0.05) is 19.6 Å². The molecule has 0 aromatic heterocycles. The van der Waals surface area contributed by atoms with E-state index in [1.807, 2.05) is 6.07 Å². The molecule has 0 radical (unpaired) electrons. The van der Waals surface area contributed by atoms with E-state index in [-0.39, 0.29) is 29.7 Å². The van der Waals surface area contributed by atoms with Crippen LogP contribution in [-0.4, -0.2) is 54.9 Å². The zero-order valence-corrected chi connectivity index (χ0v) is 12.6. The van der Waals surface area contributed by atoms with Crippen LogP contribution in [0.4, 0.5) is 15.8 Å². The average molecular weight is 327 g/mol. The topological polar surface area (TPSA) is 93.6 Å². The summed E-state index contributed by atoms with van der Waals surface area (Å²) in [5.41, 5.74) is 6.71. The van der Waals surface area contributed by atoms with E-state index < -0.39 is 12.8 Å². The lowest BCUT2D eigenvalue weighted by Crippen LogP contribution is -2.52. The molecule has 0 bridgehead atoms. The Balaban J connectivity index is 2.17. The van der Waals surface area contributed by atoms with Crippen molar-refractivity contribution in [1.82, 2.24) is 4.90 Å². The Morgan fingerprint density at radius 3 is 2.82 bits per heavy atom. The molecule has 1 fully saturated rings. The first-order valence-corrected chi connectivity index (χ1v) is 7.10. The number of halogens is 2. The van der Waals surface area contributed by atoms with E-state index in [1.54, 1.807) is 4.90 Å². The molecular weight excluding hydrogens is 311 g/mol. The maximum absolute atomic E-state index is 12.3. The fourth-order valence-electron chi connectivity index (χ4n) is 2.37. The standard InChI is InChI=1S/C14H16ClFN4O2/c15-14-11(18)3-9(6-17)4-12(14)20-2-1-19(8-13(20)22)7-10(21)5-16/h3-4,10,21H,1-2,5,7-8,18H2. The number of piperazine rings is 1. The van der Waals surface area contributed by atoms with E-state index in [0.29, 0.717) is 24.3 Å². The van der Waals surface area contributed by atoms with Gasteiger partial charge in [0.25, 0.3) is 0 Å². The number of nitrogen functional groups attached to an aromatic ring is 1. The number of alkyl halides is 1. The van der Waals surface area contributed by atoms with Gasteiger partial charge in [-0.15, -0.1) is 0 Å². The molecule has 1 amide bonds. The molecule has 8 heteroatoms. The van der Waals surface area contributed by atoms with E-state index >= 15 is 0 Å². The van der Waals surface area contributed by atoms with Crippen molar-refractivity contribution < 1.29 is 14.3 Å².